The van der Waals surface area contributed by atoms with Crippen LogP contribution in [0.2, 0.25) is 0 Å². The summed E-state index contributed by atoms with van der Waals surface area (Å²) in [6.45, 7) is 6.31. The van der Waals surface area contributed by atoms with Crippen LogP contribution in [0.1, 0.15) is 45.6 Å². The highest BCUT2D eigenvalue weighted by Gasteiger charge is 2.41. The van der Waals surface area contributed by atoms with Gasteiger partial charge in [0.2, 0.25) is 5.91 Å². The number of amides is 2. The molecule has 1 aliphatic heterocycles. The van der Waals surface area contributed by atoms with E-state index in [0.29, 0.717) is 17.9 Å². The minimum Gasteiger partial charge on any atom is -0.339 e. The van der Waals surface area contributed by atoms with E-state index < -0.39 is 12.0 Å². The van der Waals surface area contributed by atoms with Gasteiger partial charge in [-0.25, -0.2) is 9.07 Å². The van der Waals surface area contributed by atoms with Crippen LogP contribution in [0, 0.1) is 19.7 Å². The van der Waals surface area contributed by atoms with E-state index >= 15 is 0 Å². The highest BCUT2D eigenvalue weighted by molar-refractivity contribution is 6.04. The minimum absolute atomic E-state index is 0.326. The lowest BCUT2D eigenvalue weighted by Crippen LogP contribution is -2.50. The van der Waals surface area contributed by atoms with Gasteiger partial charge >= 0.3 is 0 Å². The quantitative estimate of drug-likeness (QED) is 0.696. The molecule has 2 amide bonds. The first-order valence-electron chi connectivity index (χ1n) is 9.90. The van der Waals surface area contributed by atoms with E-state index in [2.05, 4.69) is 15.7 Å². The molecule has 6 nitrogen and oxygen atoms in total. The van der Waals surface area contributed by atoms with Crippen molar-refractivity contribution in [3.8, 4) is 0 Å². The Balaban J connectivity index is 1.79. The standard InChI is InChI=1S/C23H23FN4O2/c1-4-28-21-18(14(3)27-28)19(15-8-10-17(24)11-9-15)20(23(30)26-21)25-22(29)16-7-5-6-13(2)12-16/h5-12,19-20H,4H2,1-3H3,(H,25,29)(H,26,30)/t19-,20-/m0/s1. The number of benzene rings is 2. The Morgan fingerprint density at radius 1 is 1.20 bits per heavy atom. The van der Waals surface area contributed by atoms with Gasteiger partial charge in [-0.05, 0) is 50.6 Å². The summed E-state index contributed by atoms with van der Waals surface area (Å²) < 4.78 is 15.3. The van der Waals surface area contributed by atoms with Gasteiger partial charge in [-0.2, -0.15) is 5.10 Å². The molecule has 0 spiro atoms. The number of aryl methyl sites for hydroxylation is 3. The molecule has 2 aromatic carbocycles. The Labute approximate surface area is 174 Å². The highest BCUT2D eigenvalue weighted by atomic mass is 19.1. The van der Waals surface area contributed by atoms with Crippen molar-refractivity contribution in [3.05, 3.63) is 82.3 Å². The molecule has 1 aliphatic rings. The molecule has 0 saturated heterocycles. The first kappa shape index (κ1) is 19.8. The molecule has 2 N–H and O–H groups in total. The van der Waals surface area contributed by atoms with E-state index in [9.17, 15) is 14.0 Å². The van der Waals surface area contributed by atoms with Crippen molar-refractivity contribution in [2.24, 2.45) is 0 Å². The van der Waals surface area contributed by atoms with Gasteiger partial charge in [0.05, 0.1) is 5.69 Å². The molecule has 0 radical (unpaired) electrons. The van der Waals surface area contributed by atoms with Crippen LogP contribution in [-0.4, -0.2) is 27.6 Å². The summed E-state index contributed by atoms with van der Waals surface area (Å²) in [6, 6.07) is 12.4. The summed E-state index contributed by atoms with van der Waals surface area (Å²) >= 11 is 0. The molecule has 4 rings (SSSR count). The third-order valence-electron chi connectivity index (χ3n) is 5.44. The van der Waals surface area contributed by atoms with Crippen molar-refractivity contribution < 1.29 is 14.0 Å². The zero-order valence-electron chi connectivity index (χ0n) is 17.1. The second-order valence-electron chi connectivity index (χ2n) is 7.50. The second-order valence-corrected chi connectivity index (χ2v) is 7.50. The summed E-state index contributed by atoms with van der Waals surface area (Å²) in [5.74, 6) is -0.887. The first-order chi connectivity index (χ1) is 14.4. The van der Waals surface area contributed by atoms with Gasteiger partial charge in [-0.3, -0.25) is 9.59 Å². The largest absolute Gasteiger partial charge is 0.339 e. The Kier molecular flexibility index (Phi) is 5.11. The fourth-order valence-corrected chi connectivity index (χ4v) is 4.03. The number of rotatable bonds is 4. The van der Waals surface area contributed by atoms with Crippen LogP contribution >= 0.6 is 0 Å². The molecule has 7 heteroatoms. The predicted octanol–water partition coefficient (Wildman–Crippen LogP) is 3.54. The number of carbonyl (C=O) groups is 2. The maximum Gasteiger partial charge on any atom is 0.251 e. The zero-order chi connectivity index (χ0) is 21.4. The SMILES string of the molecule is CCn1nc(C)c2c1NC(=O)[C@@H](NC(=O)c1cccc(C)c1)[C@H]2c1ccc(F)cc1. The van der Waals surface area contributed by atoms with Gasteiger partial charge in [-0.15, -0.1) is 0 Å². The molecule has 154 valence electrons. The Bertz CT molecular complexity index is 1120. The molecule has 1 aromatic heterocycles. The van der Waals surface area contributed by atoms with Crippen LogP contribution in [0.15, 0.2) is 48.5 Å². The van der Waals surface area contributed by atoms with E-state index in [-0.39, 0.29) is 17.6 Å². The monoisotopic (exact) mass is 406 g/mol. The van der Waals surface area contributed by atoms with Gasteiger partial charge < -0.3 is 10.6 Å². The van der Waals surface area contributed by atoms with E-state index in [1.165, 1.54) is 12.1 Å². The van der Waals surface area contributed by atoms with Crippen molar-refractivity contribution in [1.29, 1.82) is 0 Å². The van der Waals surface area contributed by atoms with Crippen LogP contribution in [0.4, 0.5) is 10.2 Å². The van der Waals surface area contributed by atoms with Crippen LogP contribution in [0.25, 0.3) is 0 Å². The number of nitrogens with one attached hydrogen (secondary N) is 2. The van der Waals surface area contributed by atoms with E-state index in [1.54, 1.807) is 35.0 Å². The third-order valence-corrected chi connectivity index (χ3v) is 5.44. The number of halogens is 1. The molecule has 0 unspecified atom stereocenters. The minimum atomic E-state index is -0.857. The Morgan fingerprint density at radius 3 is 2.60 bits per heavy atom. The third kappa shape index (κ3) is 3.47. The smallest absolute Gasteiger partial charge is 0.251 e. The van der Waals surface area contributed by atoms with Crippen molar-refractivity contribution in [2.45, 2.75) is 39.3 Å². The fourth-order valence-electron chi connectivity index (χ4n) is 4.03. The van der Waals surface area contributed by atoms with Gasteiger partial charge in [0, 0.05) is 23.6 Å². The normalized spacial score (nSPS) is 17.9. The number of aromatic nitrogens is 2. The maximum absolute atomic E-state index is 13.6. The lowest BCUT2D eigenvalue weighted by Gasteiger charge is -2.32. The van der Waals surface area contributed by atoms with Gasteiger partial charge in [0.15, 0.2) is 0 Å². The number of hydrogen-bond donors (Lipinski definition) is 2. The molecular formula is C23H23FN4O2. The Hall–Kier alpha value is -3.48. The maximum atomic E-state index is 13.6. The molecule has 2 atom stereocenters. The van der Waals surface area contributed by atoms with E-state index in [1.807, 2.05) is 26.8 Å². The zero-order valence-corrected chi connectivity index (χ0v) is 17.1. The van der Waals surface area contributed by atoms with E-state index in [0.717, 1.165) is 22.4 Å². The summed E-state index contributed by atoms with van der Waals surface area (Å²) in [5.41, 5.74) is 3.76. The van der Waals surface area contributed by atoms with Crippen LogP contribution in [0.3, 0.4) is 0 Å². The molecule has 2 heterocycles. The fraction of sp³-hybridized carbons (Fsp3) is 0.261. The summed E-state index contributed by atoms with van der Waals surface area (Å²) in [7, 11) is 0. The lowest BCUT2D eigenvalue weighted by atomic mass is 9.82. The molecule has 0 aliphatic carbocycles. The second kappa shape index (κ2) is 7.74. The van der Waals surface area contributed by atoms with E-state index in [4.69, 9.17) is 0 Å². The number of anilines is 1. The van der Waals surface area contributed by atoms with Crippen molar-refractivity contribution in [2.75, 3.05) is 5.32 Å². The number of hydrogen-bond acceptors (Lipinski definition) is 3. The molecule has 0 bridgehead atoms. The summed E-state index contributed by atoms with van der Waals surface area (Å²) in [6.07, 6.45) is 0. The molecular weight excluding hydrogens is 383 g/mol. The molecule has 3 aromatic rings. The van der Waals surface area contributed by atoms with Crippen molar-refractivity contribution in [3.63, 3.8) is 0 Å². The van der Waals surface area contributed by atoms with Gasteiger partial charge in [0.25, 0.3) is 5.91 Å². The van der Waals surface area contributed by atoms with Gasteiger partial charge in [0.1, 0.15) is 17.7 Å². The predicted molar refractivity (Wildman–Crippen MR) is 112 cm³/mol. The van der Waals surface area contributed by atoms with Crippen LogP contribution < -0.4 is 10.6 Å². The first-order valence-corrected chi connectivity index (χ1v) is 9.90. The topological polar surface area (TPSA) is 76.0 Å². The molecule has 0 saturated carbocycles. The summed E-state index contributed by atoms with van der Waals surface area (Å²) in [5, 5.41) is 10.3. The number of carbonyl (C=O) groups excluding carboxylic acids is 2. The number of fused-ring (bicyclic) bond motifs is 1. The van der Waals surface area contributed by atoms with Crippen LogP contribution in [-0.2, 0) is 11.3 Å². The van der Waals surface area contributed by atoms with Crippen LogP contribution in [0.5, 0.6) is 0 Å². The van der Waals surface area contributed by atoms with Crippen molar-refractivity contribution in [1.82, 2.24) is 15.1 Å². The van der Waals surface area contributed by atoms with Crippen molar-refractivity contribution >= 4 is 17.6 Å². The average Bonchev–Trinajstić information content (AvgIpc) is 3.04. The highest BCUT2D eigenvalue weighted by Crippen LogP contribution is 2.39. The lowest BCUT2D eigenvalue weighted by molar-refractivity contribution is -0.118. The number of nitrogens with zero attached hydrogens (tertiary/aromatic N) is 2. The molecule has 0 fully saturated rings. The average molecular weight is 406 g/mol. The Morgan fingerprint density at radius 2 is 1.93 bits per heavy atom. The molecule has 30 heavy (non-hydrogen) atoms. The van der Waals surface area contributed by atoms with Gasteiger partial charge in [-0.1, -0.05) is 29.8 Å². The summed E-state index contributed by atoms with van der Waals surface area (Å²) in [4.78, 5) is 26.0.